The lowest BCUT2D eigenvalue weighted by molar-refractivity contribution is 0.306. The summed E-state index contributed by atoms with van der Waals surface area (Å²) in [5.74, 6) is 1.93. The fraction of sp³-hybridized carbons (Fsp3) is 0.619. The van der Waals surface area contributed by atoms with Crippen LogP contribution in [0.25, 0.3) is 5.57 Å². The normalized spacial score (nSPS) is 18.1. The van der Waals surface area contributed by atoms with Crippen LogP contribution in [0.1, 0.15) is 77.2 Å². The summed E-state index contributed by atoms with van der Waals surface area (Å²) in [6.45, 7) is 5.35. The molecule has 1 heteroatoms. The fourth-order valence-electron chi connectivity index (χ4n) is 3.21. The van der Waals surface area contributed by atoms with E-state index in [1.165, 1.54) is 62.5 Å². The van der Waals surface area contributed by atoms with E-state index in [2.05, 4.69) is 44.2 Å². The molecule has 0 amide bonds. The summed E-state index contributed by atoms with van der Waals surface area (Å²) in [6, 6.07) is 8.72. The zero-order valence-electron chi connectivity index (χ0n) is 14.4. The molecule has 0 saturated heterocycles. The minimum atomic E-state index is 0.842. The van der Waals surface area contributed by atoms with Gasteiger partial charge in [-0.1, -0.05) is 64.2 Å². The topological polar surface area (TPSA) is 9.23 Å². The Bertz CT molecular complexity index is 443. The van der Waals surface area contributed by atoms with Gasteiger partial charge in [-0.15, -0.1) is 0 Å². The van der Waals surface area contributed by atoms with E-state index in [9.17, 15) is 0 Å². The molecule has 0 aromatic heterocycles. The maximum absolute atomic E-state index is 5.79. The van der Waals surface area contributed by atoms with E-state index in [0.29, 0.717) is 0 Å². The molecule has 0 N–H and O–H groups in total. The fourth-order valence-corrected chi connectivity index (χ4v) is 3.21. The molecule has 0 bridgehead atoms. The van der Waals surface area contributed by atoms with Gasteiger partial charge in [0, 0.05) is 0 Å². The number of hydrogen-bond acceptors (Lipinski definition) is 1. The van der Waals surface area contributed by atoms with Crippen LogP contribution >= 0.6 is 0 Å². The summed E-state index contributed by atoms with van der Waals surface area (Å²) in [5.41, 5.74) is 2.92. The van der Waals surface area contributed by atoms with Crippen molar-refractivity contribution in [3.8, 4) is 5.75 Å². The SMILES string of the molecule is CCCCCOc1ccc(C2=CCC(CCCC)CC2)cc1. The van der Waals surface area contributed by atoms with Crippen LogP contribution in [0.4, 0.5) is 0 Å². The van der Waals surface area contributed by atoms with Gasteiger partial charge in [-0.05, 0) is 54.9 Å². The minimum Gasteiger partial charge on any atom is -0.494 e. The quantitative estimate of drug-likeness (QED) is 0.465. The number of unbranched alkanes of at least 4 members (excludes halogenated alkanes) is 3. The molecule has 0 heterocycles. The third-order valence-corrected chi connectivity index (χ3v) is 4.73. The van der Waals surface area contributed by atoms with Crippen molar-refractivity contribution in [3.05, 3.63) is 35.9 Å². The van der Waals surface area contributed by atoms with Crippen molar-refractivity contribution >= 4 is 5.57 Å². The second-order valence-corrected chi connectivity index (χ2v) is 6.59. The molecule has 0 saturated carbocycles. The largest absolute Gasteiger partial charge is 0.494 e. The van der Waals surface area contributed by atoms with Crippen LogP contribution in [-0.4, -0.2) is 6.61 Å². The first-order chi connectivity index (χ1) is 10.8. The van der Waals surface area contributed by atoms with Gasteiger partial charge < -0.3 is 4.74 Å². The highest BCUT2D eigenvalue weighted by Gasteiger charge is 2.14. The number of rotatable bonds is 9. The van der Waals surface area contributed by atoms with E-state index in [-0.39, 0.29) is 0 Å². The van der Waals surface area contributed by atoms with Gasteiger partial charge in [0.2, 0.25) is 0 Å². The average molecular weight is 300 g/mol. The Balaban J connectivity index is 1.82. The molecule has 0 radical (unpaired) electrons. The van der Waals surface area contributed by atoms with Gasteiger partial charge in [0.15, 0.2) is 0 Å². The molecule has 0 spiro atoms. The molecule has 122 valence electrons. The Morgan fingerprint density at radius 1 is 1.00 bits per heavy atom. The molecule has 1 aliphatic carbocycles. The van der Waals surface area contributed by atoms with Crippen molar-refractivity contribution in [2.24, 2.45) is 5.92 Å². The Labute approximate surface area is 136 Å². The summed E-state index contributed by atoms with van der Waals surface area (Å²) in [5, 5.41) is 0. The molecular formula is C21H32O. The third kappa shape index (κ3) is 5.51. The molecule has 0 aliphatic heterocycles. The standard InChI is InChI=1S/C21H32O/c1-3-5-7-17-22-21-15-13-20(14-16-21)19-11-9-18(10-12-19)8-6-4-2/h11,13-16,18H,3-10,12,17H2,1-2H3. The first-order valence-corrected chi connectivity index (χ1v) is 9.25. The molecule has 22 heavy (non-hydrogen) atoms. The number of benzene rings is 1. The molecule has 1 unspecified atom stereocenters. The van der Waals surface area contributed by atoms with Crippen molar-refractivity contribution in [2.75, 3.05) is 6.61 Å². The summed E-state index contributed by atoms with van der Waals surface area (Å²) in [6.07, 6.45) is 14.1. The van der Waals surface area contributed by atoms with E-state index in [1.54, 1.807) is 0 Å². The predicted octanol–water partition coefficient (Wildman–Crippen LogP) is 6.63. The lowest BCUT2D eigenvalue weighted by Crippen LogP contribution is -2.05. The Morgan fingerprint density at radius 3 is 2.41 bits per heavy atom. The summed E-state index contributed by atoms with van der Waals surface area (Å²) < 4.78 is 5.79. The molecule has 1 atom stereocenters. The monoisotopic (exact) mass is 300 g/mol. The van der Waals surface area contributed by atoms with Crippen molar-refractivity contribution in [1.82, 2.24) is 0 Å². The molecule has 1 aromatic carbocycles. The van der Waals surface area contributed by atoms with Crippen LogP contribution in [0, 0.1) is 5.92 Å². The van der Waals surface area contributed by atoms with Gasteiger partial charge in [-0.3, -0.25) is 0 Å². The highest BCUT2D eigenvalue weighted by atomic mass is 16.5. The lowest BCUT2D eigenvalue weighted by Gasteiger charge is -2.22. The van der Waals surface area contributed by atoms with E-state index < -0.39 is 0 Å². The van der Waals surface area contributed by atoms with Crippen molar-refractivity contribution in [2.45, 2.75) is 71.6 Å². The number of allylic oxidation sites excluding steroid dienone is 2. The summed E-state index contributed by atoms with van der Waals surface area (Å²) in [7, 11) is 0. The van der Waals surface area contributed by atoms with Gasteiger partial charge in [0.25, 0.3) is 0 Å². The van der Waals surface area contributed by atoms with Gasteiger partial charge in [0.05, 0.1) is 6.61 Å². The minimum absolute atomic E-state index is 0.842. The molecule has 1 nitrogen and oxygen atoms in total. The van der Waals surface area contributed by atoms with Crippen LogP contribution < -0.4 is 4.74 Å². The van der Waals surface area contributed by atoms with E-state index in [1.807, 2.05) is 0 Å². The van der Waals surface area contributed by atoms with Gasteiger partial charge >= 0.3 is 0 Å². The summed E-state index contributed by atoms with van der Waals surface area (Å²) >= 11 is 0. The predicted molar refractivity (Wildman–Crippen MR) is 96.3 cm³/mol. The number of hydrogen-bond donors (Lipinski definition) is 0. The van der Waals surface area contributed by atoms with Crippen molar-refractivity contribution in [3.63, 3.8) is 0 Å². The molecule has 1 aromatic rings. The molecular weight excluding hydrogens is 268 g/mol. The Hall–Kier alpha value is -1.24. The zero-order chi connectivity index (χ0) is 15.6. The van der Waals surface area contributed by atoms with Crippen molar-refractivity contribution in [1.29, 1.82) is 0 Å². The zero-order valence-corrected chi connectivity index (χ0v) is 14.4. The molecule has 2 rings (SSSR count). The Kier molecular flexibility index (Phi) is 7.56. The van der Waals surface area contributed by atoms with Crippen LogP contribution in [-0.2, 0) is 0 Å². The van der Waals surface area contributed by atoms with Crippen molar-refractivity contribution < 1.29 is 4.74 Å². The smallest absolute Gasteiger partial charge is 0.119 e. The highest BCUT2D eigenvalue weighted by Crippen LogP contribution is 2.33. The maximum atomic E-state index is 5.79. The first-order valence-electron chi connectivity index (χ1n) is 9.25. The van der Waals surface area contributed by atoms with Crippen LogP contribution in [0.2, 0.25) is 0 Å². The first kappa shape index (κ1) is 17.1. The highest BCUT2D eigenvalue weighted by molar-refractivity contribution is 5.66. The van der Waals surface area contributed by atoms with Gasteiger partial charge in [-0.2, -0.15) is 0 Å². The molecule has 0 fully saturated rings. The lowest BCUT2D eigenvalue weighted by atomic mass is 9.84. The van der Waals surface area contributed by atoms with Gasteiger partial charge in [-0.25, -0.2) is 0 Å². The second-order valence-electron chi connectivity index (χ2n) is 6.59. The Morgan fingerprint density at radius 2 is 1.77 bits per heavy atom. The van der Waals surface area contributed by atoms with Crippen LogP contribution in [0.3, 0.4) is 0 Å². The van der Waals surface area contributed by atoms with E-state index >= 15 is 0 Å². The maximum Gasteiger partial charge on any atom is 0.119 e. The van der Waals surface area contributed by atoms with Crippen LogP contribution in [0.5, 0.6) is 5.75 Å². The van der Waals surface area contributed by atoms with E-state index in [4.69, 9.17) is 4.74 Å². The van der Waals surface area contributed by atoms with Crippen LogP contribution in [0.15, 0.2) is 30.3 Å². The summed E-state index contributed by atoms with van der Waals surface area (Å²) in [4.78, 5) is 0. The number of ether oxygens (including phenoxy) is 1. The average Bonchev–Trinajstić information content (AvgIpc) is 2.58. The van der Waals surface area contributed by atoms with Gasteiger partial charge in [0.1, 0.15) is 5.75 Å². The third-order valence-electron chi connectivity index (χ3n) is 4.73. The molecule has 1 aliphatic rings. The second kappa shape index (κ2) is 9.71. The van der Waals surface area contributed by atoms with E-state index in [0.717, 1.165) is 24.7 Å².